The Kier molecular flexibility index (Phi) is 4.70. The van der Waals surface area contributed by atoms with Crippen molar-refractivity contribution in [1.29, 1.82) is 0 Å². The minimum absolute atomic E-state index is 0.151. The Morgan fingerprint density at radius 3 is 2.17 bits per heavy atom. The molecule has 1 aromatic rings. The highest BCUT2D eigenvalue weighted by Gasteiger charge is 2.27. The molecule has 18 heavy (non-hydrogen) atoms. The number of aromatic carboxylic acids is 1. The summed E-state index contributed by atoms with van der Waals surface area (Å²) in [6.45, 7) is -0.643. The van der Waals surface area contributed by atoms with Crippen LogP contribution in [0.15, 0.2) is 12.1 Å². The zero-order chi connectivity index (χ0) is 13.9. The minimum Gasteiger partial charge on any atom is -0.490 e. The second kappa shape index (κ2) is 5.67. The smallest absolute Gasteiger partial charge is 0.392 e. The third-order valence-electron chi connectivity index (χ3n) is 1.88. The first-order valence-corrected chi connectivity index (χ1v) is 5.38. The van der Waals surface area contributed by atoms with Gasteiger partial charge in [0.05, 0.1) is 28.6 Å². The van der Waals surface area contributed by atoms with E-state index in [0.717, 1.165) is 12.1 Å². The van der Waals surface area contributed by atoms with E-state index >= 15 is 0 Å². The van der Waals surface area contributed by atoms with Crippen molar-refractivity contribution in [2.45, 2.75) is 12.6 Å². The van der Waals surface area contributed by atoms with Crippen LogP contribution in [0.5, 0.6) is 5.75 Å². The van der Waals surface area contributed by atoms with Crippen LogP contribution in [0, 0.1) is 0 Å². The number of hydrogen-bond acceptors (Lipinski definition) is 2. The topological polar surface area (TPSA) is 46.5 Å². The molecule has 3 nitrogen and oxygen atoms in total. The summed E-state index contributed by atoms with van der Waals surface area (Å²) in [6.07, 6.45) is -5.50. The molecule has 0 saturated carbocycles. The molecule has 0 saturated heterocycles. The molecule has 0 aliphatic carbocycles. The van der Waals surface area contributed by atoms with Gasteiger partial charge in [0.2, 0.25) is 0 Å². The number of hydrogen-bond donors (Lipinski definition) is 1. The minimum atomic E-state index is -4.35. The fraction of sp³-hybridized carbons (Fsp3) is 0.300. The Hall–Kier alpha value is -1.14. The molecule has 0 spiro atoms. The fourth-order valence-corrected chi connectivity index (χ4v) is 1.69. The summed E-state index contributed by atoms with van der Waals surface area (Å²) in [6, 6.07) is 2.11. The largest absolute Gasteiger partial charge is 0.490 e. The fourth-order valence-electron chi connectivity index (χ4n) is 1.09. The predicted molar refractivity (Wildman–Crippen MR) is 59.6 cm³/mol. The standard InChI is InChI=1S/C10H7Cl2F3O3/c11-6-3-5(9(16)17)4-7(12)8(6)18-2-1-10(13,14)15/h3-4H,1-2H2,(H,16,17). The zero-order valence-corrected chi connectivity index (χ0v) is 10.2. The molecule has 0 unspecified atom stereocenters. The summed E-state index contributed by atoms with van der Waals surface area (Å²) < 4.78 is 40.5. The Balaban J connectivity index is 2.81. The van der Waals surface area contributed by atoms with Crippen molar-refractivity contribution in [2.24, 2.45) is 0 Å². The van der Waals surface area contributed by atoms with Gasteiger partial charge in [0.25, 0.3) is 0 Å². The average molecular weight is 303 g/mol. The van der Waals surface area contributed by atoms with E-state index in [1.807, 2.05) is 0 Å². The first-order chi connectivity index (χ1) is 8.20. The lowest BCUT2D eigenvalue weighted by atomic mass is 10.2. The maximum atomic E-state index is 11.9. The van der Waals surface area contributed by atoms with Crippen molar-refractivity contribution in [3.8, 4) is 5.75 Å². The molecule has 0 heterocycles. The van der Waals surface area contributed by atoms with E-state index in [1.54, 1.807) is 0 Å². The van der Waals surface area contributed by atoms with Crippen molar-refractivity contribution in [3.05, 3.63) is 27.7 Å². The molecule has 0 aromatic heterocycles. The average Bonchev–Trinajstić information content (AvgIpc) is 2.20. The van der Waals surface area contributed by atoms with Gasteiger partial charge in [-0.25, -0.2) is 4.79 Å². The normalized spacial score (nSPS) is 11.4. The molecule has 0 bridgehead atoms. The van der Waals surface area contributed by atoms with Gasteiger partial charge >= 0.3 is 12.1 Å². The summed E-state index contributed by atoms with van der Waals surface area (Å²) >= 11 is 11.3. The van der Waals surface area contributed by atoms with E-state index in [-0.39, 0.29) is 21.4 Å². The highest BCUT2D eigenvalue weighted by Crippen LogP contribution is 2.34. The second-order valence-corrected chi connectivity index (χ2v) is 4.10. The van der Waals surface area contributed by atoms with E-state index in [1.165, 1.54) is 0 Å². The van der Waals surface area contributed by atoms with Gasteiger partial charge in [-0.2, -0.15) is 13.2 Å². The molecule has 0 amide bonds. The SMILES string of the molecule is O=C(O)c1cc(Cl)c(OCCC(F)(F)F)c(Cl)c1. The van der Waals surface area contributed by atoms with E-state index in [9.17, 15) is 18.0 Å². The van der Waals surface area contributed by atoms with Crippen LogP contribution in [0.2, 0.25) is 10.0 Å². The molecule has 100 valence electrons. The first-order valence-electron chi connectivity index (χ1n) is 4.62. The highest BCUT2D eigenvalue weighted by atomic mass is 35.5. The maximum absolute atomic E-state index is 11.9. The molecule has 0 aliphatic rings. The summed E-state index contributed by atoms with van der Waals surface area (Å²) in [5.41, 5.74) is -0.173. The van der Waals surface area contributed by atoms with Crippen LogP contribution >= 0.6 is 23.2 Å². The number of benzene rings is 1. The number of carboxylic acid groups (broad SMARTS) is 1. The van der Waals surface area contributed by atoms with Crippen molar-refractivity contribution < 1.29 is 27.8 Å². The number of halogens is 5. The van der Waals surface area contributed by atoms with Crippen molar-refractivity contribution in [1.82, 2.24) is 0 Å². The Labute approximate surface area is 110 Å². The lowest BCUT2D eigenvalue weighted by Gasteiger charge is -2.11. The summed E-state index contributed by atoms with van der Waals surface area (Å²) in [5, 5.41) is 8.40. The van der Waals surface area contributed by atoms with Gasteiger partial charge in [-0.3, -0.25) is 0 Å². The summed E-state index contributed by atoms with van der Waals surface area (Å²) in [4.78, 5) is 10.7. The van der Waals surface area contributed by atoms with Crippen LogP contribution in [0.1, 0.15) is 16.8 Å². The van der Waals surface area contributed by atoms with Crippen LogP contribution in [0.4, 0.5) is 13.2 Å². The highest BCUT2D eigenvalue weighted by molar-refractivity contribution is 6.37. The molecule has 8 heteroatoms. The Morgan fingerprint density at radius 2 is 1.78 bits per heavy atom. The molecular formula is C10H7Cl2F3O3. The van der Waals surface area contributed by atoms with Gasteiger partial charge in [0.1, 0.15) is 0 Å². The third-order valence-corrected chi connectivity index (χ3v) is 2.44. The van der Waals surface area contributed by atoms with E-state index in [2.05, 4.69) is 0 Å². The monoisotopic (exact) mass is 302 g/mol. The molecule has 1 aromatic carbocycles. The number of carboxylic acids is 1. The summed E-state index contributed by atoms with van der Waals surface area (Å²) in [5.74, 6) is -1.41. The zero-order valence-electron chi connectivity index (χ0n) is 8.72. The number of alkyl halides is 3. The molecule has 1 N–H and O–H groups in total. The van der Waals surface area contributed by atoms with Crippen LogP contribution in [0.25, 0.3) is 0 Å². The van der Waals surface area contributed by atoms with E-state index < -0.39 is 25.2 Å². The van der Waals surface area contributed by atoms with Crippen LogP contribution < -0.4 is 4.74 Å². The molecular weight excluding hydrogens is 296 g/mol. The Bertz CT molecular complexity index is 437. The van der Waals surface area contributed by atoms with Gasteiger partial charge in [0.15, 0.2) is 5.75 Å². The maximum Gasteiger partial charge on any atom is 0.392 e. The lowest BCUT2D eigenvalue weighted by Crippen LogP contribution is -2.13. The predicted octanol–water partition coefficient (Wildman–Crippen LogP) is 4.02. The van der Waals surface area contributed by atoms with E-state index in [0.29, 0.717) is 0 Å². The molecule has 0 atom stereocenters. The van der Waals surface area contributed by atoms with Gasteiger partial charge in [-0.15, -0.1) is 0 Å². The summed E-state index contributed by atoms with van der Waals surface area (Å²) in [7, 11) is 0. The quantitative estimate of drug-likeness (QED) is 0.913. The lowest BCUT2D eigenvalue weighted by molar-refractivity contribution is -0.139. The molecule has 0 fully saturated rings. The van der Waals surface area contributed by atoms with Gasteiger partial charge < -0.3 is 9.84 Å². The first kappa shape index (κ1) is 14.9. The van der Waals surface area contributed by atoms with Crippen molar-refractivity contribution in [2.75, 3.05) is 6.61 Å². The van der Waals surface area contributed by atoms with Crippen molar-refractivity contribution in [3.63, 3.8) is 0 Å². The number of carbonyl (C=O) groups is 1. The second-order valence-electron chi connectivity index (χ2n) is 3.29. The van der Waals surface area contributed by atoms with Gasteiger partial charge in [-0.1, -0.05) is 23.2 Å². The van der Waals surface area contributed by atoms with Crippen LogP contribution in [0.3, 0.4) is 0 Å². The number of rotatable bonds is 4. The van der Waals surface area contributed by atoms with Crippen LogP contribution in [-0.4, -0.2) is 23.9 Å². The molecule has 1 rings (SSSR count). The van der Waals surface area contributed by atoms with Gasteiger partial charge in [-0.05, 0) is 12.1 Å². The third kappa shape index (κ3) is 4.27. The Morgan fingerprint density at radius 1 is 1.28 bits per heavy atom. The molecule has 0 radical (unpaired) electrons. The van der Waals surface area contributed by atoms with Crippen LogP contribution in [-0.2, 0) is 0 Å². The molecule has 0 aliphatic heterocycles. The van der Waals surface area contributed by atoms with E-state index in [4.69, 9.17) is 33.0 Å². The number of ether oxygens (including phenoxy) is 1. The van der Waals surface area contributed by atoms with Crippen molar-refractivity contribution >= 4 is 29.2 Å². The van der Waals surface area contributed by atoms with Gasteiger partial charge in [0, 0.05) is 0 Å².